The highest BCUT2D eigenvalue weighted by Crippen LogP contribution is 2.33. The highest BCUT2D eigenvalue weighted by molar-refractivity contribution is 9.11. The van der Waals surface area contributed by atoms with E-state index in [1.807, 2.05) is 19.1 Å². The molecule has 0 N–H and O–H groups in total. The van der Waals surface area contributed by atoms with Gasteiger partial charge < -0.3 is 0 Å². The number of allylic oxidation sites excluding steroid dienone is 1. The smallest absolute Gasteiger partial charge is 0.207 e. The maximum Gasteiger partial charge on any atom is 0.243 e. The van der Waals surface area contributed by atoms with E-state index in [-0.39, 0.29) is 6.04 Å². The molecule has 23 heavy (non-hydrogen) atoms. The molecule has 5 heteroatoms. The number of hydrogen-bond acceptors (Lipinski definition) is 2. The number of rotatable bonds is 7. The average molecular weight is 400 g/mol. The third kappa shape index (κ3) is 4.68. The summed E-state index contributed by atoms with van der Waals surface area (Å²) in [5.41, 5.74) is 1.07. The monoisotopic (exact) mass is 399 g/mol. The molecule has 0 aliphatic carbocycles. The van der Waals surface area contributed by atoms with Crippen LogP contribution in [-0.2, 0) is 10.0 Å². The Morgan fingerprint density at radius 3 is 2.65 bits per heavy atom. The predicted molar refractivity (Wildman–Crippen MR) is 99.2 cm³/mol. The van der Waals surface area contributed by atoms with Crippen LogP contribution in [0.25, 0.3) is 0 Å². The normalized spacial score (nSPS) is 20.1. The summed E-state index contributed by atoms with van der Waals surface area (Å²) in [4.78, 5) is 0.390. The van der Waals surface area contributed by atoms with Crippen molar-refractivity contribution in [2.24, 2.45) is 0 Å². The second-order valence-corrected chi connectivity index (χ2v) is 8.98. The van der Waals surface area contributed by atoms with Crippen molar-refractivity contribution in [1.29, 1.82) is 0 Å². The van der Waals surface area contributed by atoms with E-state index >= 15 is 0 Å². The first-order chi connectivity index (χ1) is 11.0. The topological polar surface area (TPSA) is 37.4 Å². The molecular formula is C18H26BrNO2S. The predicted octanol–water partition coefficient (Wildman–Crippen LogP) is 5.01. The average Bonchev–Trinajstić information content (AvgIpc) is 3.02. The largest absolute Gasteiger partial charge is 0.243 e. The molecule has 1 aliphatic heterocycles. The van der Waals surface area contributed by atoms with Gasteiger partial charge in [0.1, 0.15) is 0 Å². The molecule has 1 aromatic carbocycles. The van der Waals surface area contributed by atoms with Crippen LogP contribution in [0.3, 0.4) is 0 Å². The molecule has 1 unspecified atom stereocenters. The van der Waals surface area contributed by atoms with Crippen molar-refractivity contribution in [3.63, 3.8) is 0 Å². The third-order valence-corrected chi connectivity index (χ3v) is 7.07. The summed E-state index contributed by atoms with van der Waals surface area (Å²) in [7, 11) is -3.42. The van der Waals surface area contributed by atoms with Crippen LogP contribution in [0.4, 0.5) is 0 Å². The molecule has 3 nitrogen and oxygen atoms in total. The maximum atomic E-state index is 12.9. The van der Waals surface area contributed by atoms with Gasteiger partial charge in [-0.3, -0.25) is 0 Å². The molecule has 1 atom stereocenters. The zero-order valence-electron chi connectivity index (χ0n) is 14.0. The van der Waals surface area contributed by atoms with Crippen molar-refractivity contribution >= 4 is 26.0 Å². The van der Waals surface area contributed by atoms with E-state index in [1.165, 1.54) is 12.8 Å². The van der Waals surface area contributed by atoms with Crippen LogP contribution in [0.2, 0.25) is 0 Å². The Morgan fingerprint density at radius 2 is 2.00 bits per heavy atom. The van der Waals surface area contributed by atoms with Gasteiger partial charge in [-0.2, -0.15) is 4.31 Å². The molecule has 1 saturated heterocycles. The second kappa shape index (κ2) is 8.45. The van der Waals surface area contributed by atoms with Crippen LogP contribution in [0.5, 0.6) is 0 Å². The van der Waals surface area contributed by atoms with E-state index in [9.17, 15) is 8.42 Å². The number of hydrogen-bond donors (Lipinski definition) is 0. The maximum absolute atomic E-state index is 12.9. The van der Waals surface area contributed by atoms with Crippen LogP contribution < -0.4 is 0 Å². The minimum atomic E-state index is -3.42. The van der Waals surface area contributed by atoms with E-state index < -0.39 is 10.0 Å². The van der Waals surface area contributed by atoms with E-state index in [0.717, 1.165) is 35.7 Å². The van der Waals surface area contributed by atoms with Crippen molar-refractivity contribution in [3.8, 4) is 0 Å². The quantitative estimate of drug-likeness (QED) is 0.604. The fourth-order valence-electron chi connectivity index (χ4n) is 2.92. The van der Waals surface area contributed by atoms with Crippen molar-refractivity contribution in [2.75, 3.05) is 6.54 Å². The van der Waals surface area contributed by atoms with Gasteiger partial charge in [-0.05, 0) is 44.7 Å². The van der Waals surface area contributed by atoms with E-state index in [4.69, 9.17) is 0 Å². The Balaban J connectivity index is 2.15. The lowest BCUT2D eigenvalue weighted by Gasteiger charge is -2.24. The van der Waals surface area contributed by atoms with Gasteiger partial charge in [0.15, 0.2) is 0 Å². The van der Waals surface area contributed by atoms with Gasteiger partial charge >= 0.3 is 0 Å². The number of unbranched alkanes of at least 4 members (excludes halogenated alkanes) is 3. The molecule has 0 aromatic heterocycles. The van der Waals surface area contributed by atoms with Gasteiger partial charge in [0.25, 0.3) is 0 Å². The number of sulfonamides is 1. The molecule has 2 rings (SSSR count). The minimum Gasteiger partial charge on any atom is -0.207 e. The van der Waals surface area contributed by atoms with Crippen molar-refractivity contribution in [1.82, 2.24) is 4.31 Å². The molecule has 1 fully saturated rings. The highest BCUT2D eigenvalue weighted by Gasteiger charge is 2.36. The van der Waals surface area contributed by atoms with Gasteiger partial charge in [-0.25, -0.2) is 8.42 Å². The van der Waals surface area contributed by atoms with E-state index in [1.54, 1.807) is 16.4 Å². The summed E-state index contributed by atoms with van der Waals surface area (Å²) in [6.45, 7) is 4.75. The van der Waals surface area contributed by atoms with Crippen molar-refractivity contribution in [2.45, 2.75) is 63.3 Å². The lowest BCUT2D eigenvalue weighted by Crippen LogP contribution is -2.35. The molecule has 1 heterocycles. The molecule has 1 aliphatic rings. The molecule has 0 spiro atoms. The Morgan fingerprint density at radius 1 is 1.30 bits per heavy atom. The van der Waals surface area contributed by atoms with E-state index in [2.05, 4.69) is 28.9 Å². The van der Waals surface area contributed by atoms with Gasteiger partial charge in [-0.1, -0.05) is 59.5 Å². The lowest BCUT2D eigenvalue weighted by molar-refractivity contribution is 0.429. The molecule has 0 amide bonds. The zero-order valence-corrected chi connectivity index (χ0v) is 16.4. The van der Waals surface area contributed by atoms with Crippen LogP contribution in [-0.4, -0.2) is 25.3 Å². The Bertz CT molecular complexity index is 637. The first-order valence-corrected chi connectivity index (χ1v) is 10.6. The SMILES string of the molecule is CCCCC/C=C(/Br)C1CCCN1S(=O)(=O)c1ccc(C)cc1. The number of benzene rings is 1. The fourth-order valence-corrected chi connectivity index (χ4v) is 5.43. The minimum absolute atomic E-state index is 0.0528. The van der Waals surface area contributed by atoms with Gasteiger partial charge in [0.05, 0.1) is 10.9 Å². The Kier molecular flexibility index (Phi) is 6.86. The zero-order chi connectivity index (χ0) is 16.9. The van der Waals surface area contributed by atoms with Gasteiger partial charge in [0, 0.05) is 11.0 Å². The molecule has 0 radical (unpaired) electrons. The van der Waals surface area contributed by atoms with Crippen molar-refractivity contribution in [3.05, 3.63) is 40.4 Å². The first kappa shape index (κ1) is 18.7. The van der Waals surface area contributed by atoms with Crippen LogP contribution in [0.15, 0.2) is 39.7 Å². The Labute approximate surface area is 149 Å². The number of aryl methyl sites for hydroxylation is 1. The van der Waals surface area contributed by atoms with Crippen LogP contribution in [0.1, 0.15) is 51.0 Å². The molecule has 1 aromatic rings. The molecule has 0 bridgehead atoms. The summed E-state index contributed by atoms with van der Waals surface area (Å²) in [6, 6.07) is 7.07. The van der Waals surface area contributed by atoms with Gasteiger partial charge in [-0.15, -0.1) is 0 Å². The highest BCUT2D eigenvalue weighted by atomic mass is 79.9. The summed E-state index contributed by atoms with van der Waals surface area (Å²) in [5, 5.41) is 0. The standard InChI is InChI=1S/C18H26BrNO2S/c1-3-4-5-6-8-17(19)18-9-7-14-20(18)23(21,22)16-12-10-15(2)11-13-16/h8,10-13,18H,3-7,9,14H2,1-2H3/b17-8+. The third-order valence-electron chi connectivity index (χ3n) is 4.30. The van der Waals surface area contributed by atoms with Crippen LogP contribution in [0, 0.1) is 6.92 Å². The summed E-state index contributed by atoms with van der Waals surface area (Å²) < 4.78 is 28.5. The lowest BCUT2D eigenvalue weighted by atomic mass is 10.1. The summed E-state index contributed by atoms with van der Waals surface area (Å²) in [6.07, 6.45) is 8.52. The Hall–Kier alpha value is -0.650. The number of halogens is 1. The van der Waals surface area contributed by atoms with Gasteiger partial charge in [0.2, 0.25) is 10.0 Å². The molecular weight excluding hydrogens is 374 g/mol. The molecule has 128 valence electrons. The van der Waals surface area contributed by atoms with Crippen molar-refractivity contribution < 1.29 is 8.42 Å². The fraction of sp³-hybridized carbons (Fsp3) is 0.556. The first-order valence-electron chi connectivity index (χ1n) is 8.41. The summed E-state index contributed by atoms with van der Waals surface area (Å²) in [5.74, 6) is 0. The number of nitrogens with zero attached hydrogens (tertiary/aromatic N) is 1. The molecule has 0 saturated carbocycles. The van der Waals surface area contributed by atoms with E-state index in [0.29, 0.717) is 11.4 Å². The second-order valence-electron chi connectivity index (χ2n) is 6.17. The van der Waals surface area contributed by atoms with Crippen LogP contribution >= 0.6 is 15.9 Å². The summed E-state index contributed by atoms with van der Waals surface area (Å²) >= 11 is 3.63.